The van der Waals surface area contributed by atoms with Crippen LogP contribution in [0.3, 0.4) is 0 Å². The highest BCUT2D eigenvalue weighted by Crippen LogP contribution is 2.38. The number of aromatic nitrogens is 1. The molecule has 0 saturated heterocycles. The molecule has 0 spiro atoms. The second kappa shape index (κ2) is 5.96. The molecule has 3 heterocycles. The molecule has 5 nitrogen and oxygen atoms in total. The molecule has 0 fully saturated rings. The Morgan fingerprint density at radius 3 is 2.80 bits per heavy atom. The number of para-hydroxylation sites is 1. The molecule has 4 rings (SSSR count). The summed E-state index contributed by atoms with van der Waals surface area (Å²) in [4.78, 5) is 16.5. The molecule has 1 aromatic carbocycles. The lowest BCUT2D eigenvalue weighted by molar-refractivity contribution is -0.134. The van der Waals surface area contributed by atoms with Crippen molar-refractivity contribution in [2.45, 2.75) is 26.4 Å². The quantitative estimate of drug-likeness (QED) is 0.811. The van der Waals surface area contributed by atoms with Crippen LogP contribution in [0.1, 0.15) is 19.4 Å². The first kappa shape index (κ1) is 15.8. The average Bonchev–Trinajstić information content (AvgIpc) is 3.06. The Labute approximate surface area is 147 Å². The average molecular weight is 334 g/mol. The summed E-state index contributed by atoms with van der Waals surface area (Å²) in [6.07, 6.45) is 6.53. The van der Waals surface area contributed by atoms with Crippen LogP contribution in [0.15, 0.2) is 36.5 Å². The number of rotatable bonds is 3. The van der Waals surface area contributed by atoms with Gasteiger partial charge in [-0.3, -0.25) is 4.79 Å². The molecule has 1 aromatic heterocycles. The van der Waals surface area contributed by atoms with E-state index in [4.69, 9.17) is 0 Å². The number of nitrogens with zero attached hydrogens (tertiary/aromatic N) is 4. The Kier molecular flexibility index (Phi) is 3.76. The van der Waals surface area contributed by atoms with Gasteiger partial charge < -0.3 is 14.4 Å². The van der Waals surface area contributed by atoms with Crippen molar-refractivity contribution in [1.82, 2.24) is 14.4 Å². The molecule has 25 heavy (non-hydrogen) atoms. The van der Waals surface area contributed by atoms with Gasteiger partial charge in [0.15, 0.2) is 6.19 Å². The molecule has 5 heteroatoms. The third-order valence-electron chi connectivity index (χ3n) is 5.50. The Balaban J connectivity index is 1.83. The monoisotopic (exact) mass is 334 g/mol. The van der Waals surface area contributed by atoms with Crippen LogP contribution in [0.4, 0.5) is 0 Å². The third kappa shape index (κ3) is 2.32. The second-order valence-corrected chi connectivity index (χ2v) is 6.72. The van der Waals surface area contributed by atoms with Crippen molar-refractivity contribution in [2.24, 2.45) is 5.92 Å². The van der Waals surface area contributed by atoms with Gasteiger partial charge in [-0.2, -0.15) is 5.26 Å². The summed E-state index contributed by atoms with van der Waals surface area (Å²) >= 11 is 0. The van der Waals surface area contributed by atoms with E-state index in [1.807, 2.05) is 18.7 Å². The summed E-state index contributed by atoms with van der Waals surface area (Å²) in [7, 11) is 0. The van der Waals surface area contributed by atoms with Crippen LogP contribution in [0.2, 0.25) is 0 Å². The van der Waals surface area contributed by atoms with E-state index >= 15 is 0 Å². The second-order valence-electron chi connectivity index (χ2n) is 6.72. The standard InChI is InChI=1S/C20H22N4O/c1-3-22(4-2)20(25)15-10-17-16-7-5-6-14-8-9-23(19(14)16)12-18(17)24(11-15)13-21/h5-10,15,18H,3-4,11-12H2,1-2H3/t15-,18-/m1/s1. The summed E-state index contributed by atoms with van der Waals surface area (Å²) in [5, 5.41) is 10.9. The van der Waals surface area contributed by atoms with E-state index in [1.54, 1.807) is 4.90 Å². The highest BCUT2D eigenvalue weighted by Gasteiger charge is 2.37. The molecule has 1 amide bonds. The maximum atomic E-state index is 12.9. The minimum absolute atomic E-state index is 0.0104. The Hall–Kier alpha value is -2.74. The molecule has 0 radical (unpaired) electrons. The van der Waals surface area contributed by atoms with Gasteiger partial charge in [-0.25, -0.2) is 0 Å². The number of amides is 1. The normalized spacial score (nSPS) is 21.5. The van der Waals surface area contributed by atoms with Crippen LogP contribution in [0.25, 0.3) is 16.5 Å². The number of benzene rings is 1. The highest BCUT2D eigenvalue weighted by molar-refractivity contribution is 5.96. The number of fused-ring (bicyclic) bond motifs is 2. The number of hydrogen-bond acceptors (Lipinski definition) is 3. The smallest absolute Gasteiger partial charge is 0.231 e. The maximum Gasteiger partial charge on any atom is 0.231 e. The van der Waals surface area contributed by atoms with Gasteiger partial charge in [0.1, 0.15) is 0 Å². The topological polar surface area (TPSA) is 52.3 Å². The molecule has 0 aliphatic carbocycles. The molecule has 0 N–H and O–H groups in total. The number of carbonyl (C=O) groups is 1. The lowest BCUT2D eigenvalue weighted by Crippen LogP contribution is -2.48. The van der Waals surface area contributed by atoms with Crippen molar-refractivity contribution < 1.29 is 4.79 Å². The summed E-state index contributed by atoms with van der Waals surface area (Å²) in [5.41, 5.74) is 3.48. The third-order valence-corrected chi connectivity index (χ3v) is 5.50. The SMILES string of the molecule is CCN(CC)C(=O)[C@@H]1C=C2c3cccc4ccn(c34)C[C@H]2N(C#N)C1. The summed E-state index contributed by atoms with van der Waals surface area (Å²) in [6, 6.07) is 8.40. The van der Waals surface area contributed by atoms with Gasteiger partial charge in [0, 0.05) is 43.3 Å². The molecule has 2 aliphatic rings. The van der Waals surface area contributed by atoms with Crippen molar-refractivity contribution >= 4 is 22.4 Å². The Bertz CT molecular complexity index is 900. The van der Waals surface area contributed by atoms with Crippen molar-refractivity contribution in [2.75, 3.05) is 19.6 Å². The van der Waals surface area contributed by atoms with E-state index in [2.05, 4.69) is 47.3 Å². The van der Waals surface area contributed by atoms with Crippen molar-refractivity contribution in [3.63, 3.8) is 0 Å². The van der Waals surface area contributed by atoms with E-state index < -0.39 is 0 Å². The van der Waals surface area contributed by atoms with Gasteiger partial charge in [-0.1, -0.05) is 24.3 Å². The molecule has 128 valence electrons. The molecule has 2 aromatic rings. The molecule has 0 bridgehead atoms. The molecule has 0 unspecified atom stereocenters. The van der Waals surface area contributed by atoms with E-state index in [-0.39, 0.29) is 17.9 Å². The fraction of sp³-hybridized carbons (Fsp3) is 0.400. The van der Waals surface area contributed by atoms with Crippen molar-refractivity contribution in [3.05, 3.63) is 42.1 Å². The van der Waals surface area contributed by atoms with Gasteiger partial charge in [-0.05, 0) is 25.5 Å². The number of carbonyl (C=O) groups excluding carboxylic acids is 1. The van der Waals surface area contributed by atoms with Crippen molar-refractivity contribution in [3.8, 4) is 6.19 Å². The Morgan fingerprint density at radius 1 is 1.28 bits per heavy atom. The lowest BCUT2D eigenvalue weighted by Gasteiger charge is -2.40. The van der Waals surface area contributed by atoms with Crippen LogP contribution < -0.4 is 0 Å². The molecule has 0 saturated carbocycles. The first-order valence-electron chi connectivity index (χ1n) is 8.93. The minimum Gasteiger partial charge on any atom is -0.345 e. The van der Waals surface area contributed by atoms with Gasteiger partial charge in [0.05, 0.1) is 17.5 Å². The van der Waals surface area contributed by atoms with Crippen LogP contribution >= 0.6 is 0 Å². The zero-order chi connectivity index (χ0) is 17.6. The van der Waals surface area contributed by atoms with Crippen LogP contribution in [0, 0.1) is 17.4 Å². The van der Waals surface area contributed by atoms with Crippen LogP contribution in [-0.4, -0.2) is 46.0 Å². The van der Waals surface area contributed by atoms with Crippen molar-refractivity contribution in [1.29, 1.82) is 5.26 Å². The number of hydrogen-bond donors (Lipinski definition) is 0. The largest absolute Gasteiger partial charge is 0.345 e. The molecular weight excluding hydrogens is 312 g/mol. The predicted octanol–water partition coefficient (Wildman–Crippen LogP) is 2.69. The zero-order valence-corrected chi connectivity index (χ0v) is 14.6. The van der Waals surface area contributed by atoms with Crippen LogP contribution in [-0.2, 0) is 11.3 Å². The van der Waals surface area contributed by atoms with Gasteiger partial charge in [-0.15, -0.1) is 0 Å². The van der Waals surface area contributed by atoms with E-state index in [0.717, 1.165) is 17.7 Å². The maximum absolute atomic E-state index is 12.9. The number of nitriles is 1. The predicted molar refractivity (Wildman–Crippen MR) is 97.4 cm³/mol. The summed E-state index contributed by atoms with van der Waals surface area (Å²) in [5.74, 6) is -0.146. The summed E-state index contributed by atoms with van der Waals surface area (Å²) < 4.78 is 2.23. The van der Waals surface area contributed by atoms with E-state index in [1.165, 1.54) is 10.9 Å². The fourth-order valence-corrected chi connectivity index (χ4v) is 4.22. The zero-order valence-electron chi connectivity index (χ0n) is 14.6. The van der Waals surface area contributed by atoms with E-state index in [0.29, 0.717) is 19.6 Å². The summed E-state index contributed by atoms with van der Waals surface area (Å²) in [6.45, 7) is 6.61. The van der Waals surface area contributed by atoms with Gasteiger partial charge in [0.25, 0.3) is 0 Å². The molecule has 2 atom stereocenters. The van der Waals surface area contributed by atoms with E-state index in [9.17, 15) is 10.1 Å². The van der Waals surface area contributed by atoms with Crippen LogP contribution in [0.5, 0.6) is 0 Å². The Morgan fingerprint density at radius 2 is 2.08 bits per heavy atom. The lowest BCUT2D eigenvalue weighted by atomic mass is 9.85. The molecular formula is C20H22N4O. The first-order valence-corrected chi connectivity index (χ1v) is 8.93. The minimum atomic E-state index is -0.262. The van der Waals surface area contributed by atoms with Gasteiger partial charge >= 0.3 is 0 Å². The van der Waals surface area contributed by atoms with Gasteiger partial charge in [0.2, 0.25) is 5.91 Å². The molecule has 2 aliphatic heterocycles. The highest BCUT2D eigenvalue weighted by atomic mass is 16.2. The first-order chi connectivity index (χ1) is 12.2. The fourth-order valence-electron chi connectivity index (χ4n) is 4.22.